The molecule has 0 saturated heterocycles. The second-order valence-electron chi connectivity index (χ2n) is 6.61. The fourth-order valence-corrected chi connectivity index (χ4v) is 3.60. The van der Waals surface area contributed by atoms with Crippen LogP contribution in [-0.4, -0.2) is 39.2 Å². The zero-order valence-electron chi connectivity index (χ0n) is 14.0. The minimum atomic E-state index is -0.0559. The van der Waals surface area contributed by atoms with Crippen molar-refractivity contribution in [2.24, 2.45) is 4.99 Å². The molecule has 5 heteroatoms. The molecule has 0 unspecified atom stereocenters. The molecular formula is C19H22N4O. The van der Waals surface area contributed by atoms with Crippen LogP contribution in [0.25, 0.3) is 11.0 Å². The van der Waals surface area contributed by atoms with Crippen molar-refractivity contribution in [2.75, 3.05) is 6.54 Å². The molecule has 5 nitrogen and oxygen atoms in total. The van der Waals surface area contributed by atoms with E-state index in [0.29, 0.717) is 24.0 Å². The van der Waals surface area contributed by atoms with Crippen LogP contribution in [0.15, 0.2) is 29.3 Å². The Kier molecular flexibility index (Phi) is 4.00. The molecule has 0 atom stereocenters. The number of amidine groups is 1. The molecule has 1 aromatic heterocycles. The van der Waals surface area contributed by atoms with Gasteiger partial charge in [0.25, 0.3) is 5.91 Å². The van der Waals surface area contributed by atoms with Gasteiger partial charge < -0.3 is 0 Å². The van der Waals surface area contributed by atoms with E-state index in [9.17, 15) is 4.79 Å². The van der Waals surface area contributed by atoms with Crippen LogP contribution in [0.2, 0.25) is 0 Å². The van der Waals surface area contributed by atoms with Gasteiger partial charge in [-0.15, -0.1) is 0 Å². The van der Waals surface area contributed by atoms with Crippen molar-refractivity contribution < 1.29 is 4.79 Å². The third-order valence-corrected chi connectivity index (χ3v) is 4.81. The third kappa shape index (κ3) is 2.58. The predicted molar refractivity (Wildman–Crippen MR) is 94.3 cm³/mol. The maximum Gasteiger partial charge on any atom is 0.280 e. The molecule has 0 radical (unpaired) electrons. The second-order valence-corrected chi connectivity index (χ2v) is 6.61. The van der Waals surface area contributed by atoms with Gasteiger partial charge >= 0.3 is 0 Å². The summed E-state index contributed by atoms with van der Waals surface area (Å²) in [4.78, 5) is 28.9. The molecule has 2 aromatic rings. The van der Waals surface area contributed by atoms with Crippen LogP contribution in [0.4, 0.5) is 0 Å². The fraction of sp³-hybridized carbons (Fsp3) is 0.474. The number of aromatic nitrogens is 2. The summed E-state index contributed by atoms with van der Waals surface area (Å²) in [6.07, 6.45) is 6.84. The van der Waals surface area contributed by atoms with Gasteiger partial charge in [-0.2, -0.15) is 0 Å². The highest BCUT2D eigenvalue weighted by atomic mass is 16.2. The number of para-hydroxylation sites is 2. The van der Waals surface area contributed by atoms with E-state index < -0.39 is 0 Å². The lowest BCUT2D eigenvalue weighted by atomic mass is 9.96. The first-order valence-electron chi connectivity index (χ1n) is 8.94. The summed E-state index contributed by atoms with van der Waals surface area (Å²) in [6, 6.07) is 8.01. The van der Waals surface area contributed by atoms with E-state index in [1.165, 1.54) is 19.3 Å². The molecule has 1 saturated carbocycles. The number of rotatable bonds is 3. The van der Waals surface area contributed by atoms with Crippen molar-refractivity contribution in [3.8, 4) is 0 Å². The van der Waals surface area contributed by atoms with Gasteiger partial charge in [-0.05, 0) is 31.4 Å². The lowest BCUT2D eigenvalue weighted by molar-refractivity contribution is 0.0854. The first kappa shape index (κ1) is 15.2. The molecule has 0 N–H and O–H groups in total. The quantitative estimate of drug-likeness (QED) is 0.868. The van der Waals surface area contributed by atoms with Crippen molar-refractivity contribution in [1.82, 2.24) is 14.9 Å². The van der Waals surface area contributed by atoms with E-state index in [0.717, 1.165) is 36.1 Å². The molecule has 0 spiro atoms. The van der Waals surface area contributed by atoms with E-state index in [1.54, 1.807) is 4.90 Å². The van der Waals surface area contributed by atoms with Gasteiger partial charge in [0.15, 0.2) is 11.5 Å². The summed E-state index contributed by atoms with van der Waals surface area (Å²) >= 11 is 0. The normalized spacial score (nSPS) is 20.1. The number of carbonyl (C=O) groups is 1. The zero-order chi connectivity index (χ0) is 16.5. The van der Waals surface area contributed by atoms with Crippen molar-refractivity contribution in [1.29, 1.82) is 0 Å². The largest absolute Gasteiger partial charge is 0.290 e. The number of aliphatic imine (C=N–C) groups is 1. The average molecular weight is 322 g/mol. The minimum Gasteiger partial charge on any atom is -0.290 e. The summed E-state index contributed by atoms with van der Waals surface area (Å²) in [5.41, 5.74) is 2.70. The SMILES string of the molecule is CCCN1C(=O)c2nc3ccccc3nc2C1=NC1CCCCC1. The molecule has 1 amide bonds. The Morgan fingerprint density at radius 1 is 1.08 bits per heavy atom. The van der Waals surface area contributed by atoms with Crippen LogP contribution < -0.4 is 0 Å². The number of benzene rings is 1. The molecule has 24 heavy (non-hydrogen) atoms. The third-order valence-electron chi connectivity index (χ3n) is 4.81. The highest BCUT2D eigenvalue weighted by molar-refractivity contribution is 6.22. The fourth-order valence-electron chi connectivity index (χ4n) is 3.60. The average Bonchev–Trinajstić information content (AvgIpc) is 2.86. The lowest BCUT2D eigenvalue weighted by Crippen LogP contribution is -2.32. The molecule has 1 aromatic carbocycles. The predicted octanol–water partition coefficient (Wildman–Crippen LogP) is 3.57. The monoisotopic (exact) mass is 322 g/mol. The molecule has 2 aliphatic rings. The highest BCUT2D eigenvalue weighted by Crippen LogP contribution is 2.27. The zero-order valence-corrected chi connectivity index (χ0v) is 14.0. The standard InChI is InChI=1S/C19H22N4O/c1-2-12-23-18(20-13-8-4-3-5-9-13)16-17(19(23)24)22-15-11-7-6-10-14(15)21-16/h6-7,10-11,13H,2-5,8-9,12H2,1H3. The van der Waals surface area contributed by atoms with Crippen molar-refractivity contribution in [2.45, 2.75) is 51.5 Å². The maximum absolute atomic E-state index is 12.8. The number of hydrogen-bond acceptors (Lipinski definition) is 4. The van der Waals surface area contributed by atoms with E-state index in [1.807, 2.05) is 24.3 Å². The summed E-state index contributed by atoms with van der Waals surface area (Å²) in [5.74, 6) is 0.682. The highest BCUT2D eigenvalue weighted by Gasteiger charge is 2.37. The number of carbonyl (C=O) groups excluding carboxylic acids is 1. The number of nitrogens with zero attached hydrogens (tertiary/aromatic N) is 4. The van der Waals surface area contributed by atoms with Crippen LogP contribution in [0.1, 0.15) is 61.6 Å². The van der Waals surface area contributed by atoms with Gasteiger partial charge in [0.05, 0.1) is 17.1 Å². The molecule has 2 heterocycles. The second kappa shape index (κ2) is 6.30. The van der Waals surface area contributed by atoms with Gasteiger partial charge in [-0.1, -0.05) is 38.3 Å². The summed E-state index contributed by atoms with van der Waals surface area (Å²) in [7, 11) is 0. The summed E-state index contributed by atoms with van der Waals surface area (Å²) < 4.78 is 0. The van der Waals surface area contributed by atoms with Crippen LogP contribution in [0.5, 0.6) is 0 Å². The van der Waals surface area contributed by atoms with Crippen LogP contribution in [-0.2, 0) is 0 Å². The Morgan fingerprint density at radius 3 is 2.42 bits per heavy atom. The molecule has 4 rings (SSSR count). The Hall–Kier alpha value is -2.30. The Balaban J connectivity index is 1.83. The molecule has 1 aliphatic carbocycles. The van der Waals surface area contributed by atoms with Crippen molar-refractivity contribution in [3.63, 3.8) is 0 Å². The minimum absolute atomic E-state index is 0.0559. The van der Waals surface area contributed by atoms with Crippen LogP contribution in [0.3, 0.4) is 0 Å². The lowest BCUT2D eigenvalue weighted by Gasteiger charge is -2.21. The van der Waals surface area contributed by atoms with Crippen LogP contribution >= 0.6 is 0 Å². The Morgan fingerprint density at radius 2 is 1.75 bits per heavy atom. The Labute approximate surface area is 141 Å². The number of amides is 1. The van der Waals surface area contributed by atoms with E-state index >= 15 is 0 Å². The first-order chi connectivity index (χ1) is 11.8. The topological polar surface area (TPSA) is 58.5 Å². The Bertz CT molecular complexity index is 808. The number of hydrogen-bond donors (Lipinski definition) is 0. The van der Waals surface area contributed by atoms with Gasteiger partial charge in [-0.3, -0.25) is 14.7 Å². The molecular weight excluding hydrogens is 300 g/mol. The van der Waals surface area contributed by atoms with Gasteiger partial charge in [0.1, 0.15) is 5.69 Å². The maximum atomic E-state index is 12.8. The van der Waals surface area contributed by atoms with Gasteiger partial charge in [-0.25, -0.2) is 9.97 Å². The number of fused-ring (bicyclic) bond motifs is 2. The van der Waals surface area contributed by atoms with E-state index in [4.69, 9.17) is 9.98 Å². The van der Waals surface area contributed by atoms with Crippen LogP contribution in [0, 0.1) is 0 Å². The van der Waals surface area contributed by atoms with E-state index in [2.05, 4.69) is 11.9 Å². The molecule has 1 aliphatic heterocycles. The first-order valence-corrected chi connectivity index (χ1v) is 8.94. The smallest absolute Gasteiger partial charge is 0.280 e. The molecule has 1 fully saturated rings. The molecule has 0 bridgehead atoms. The summed E-state index contributed by atoms with van der Waals surface area (Å²) in [5, 5.41) is 0. The summed E-state index contributed by atoms with van der Waals surface area (Å²) in [6.45, 7) is 2.74. The van der Waals surface area contributed by atoms with Crippen molar-refractivity contribution >= 4 is 22.8 Å². The van der Waals surface area contributed by atoms with Gasteiger partial charge in [0.2, 0.25) is 0 Å². The van der Waals surface area contributed by atoms with Gasteiger partial charge in [0, 0.05) is 6.54 Å². The van der Waals surface area contributed by atoms with Crippen molar-refractivity contribution in [3.05, 3.63) is 35.7 Å². The van der Waals surface area contributed by atoms with E-state index in [-0.39, 0.29) is 5.91 Å². The molecule has 124 valence electrons.